The maximum Gasteiger partial charge on any atom is 0.420 e. The van der Waals surface area contributed by atoms with Crippen molar-refractivity contribution in [3.63, 3.8) is 0 Å². The Morgan fingerprint density at radius 3 is 2.21 bits per heavy atom. The molecule has 0 amide bonds. The van der Waals surface area contributed by atoms with E-state index in [1.165, 1.54) is 6.92 Å². The second-order valence-corrected chi connectivity index (χ2v) is 6.62. The van der Waals surface area contributed by atoms with Crippen molar-refractivity contribution in [3.8, 4) is 5.75 Å². The van der Waals surface area contributed by atoms with Crippen LogP contribution in [-0.2, 0) is 6.18 Å². The van der Waals surface area contributed by atoms with E-state index in [4.69, 9.17) is 11.3 Å². The third-order valence-corrected chi connectivity index (χ3v) is 4.05. The van der Waals surface area contributed by atoms with E-state index in [9.17, 15) is 26.7 Å². The highest BCUT2D eigenvalue weighted by atomic mass is 19.4. The van der Waals surface area contributed by atoms with E-state index < -0.39 is 41.3 Å². The lowest BCUT2D eigenvalue weighted by molar-refractivity contribution is -0.139. The fraction of sp³-hybridized carbons (Fsp3) is 0.300. The molecule has 0 N–H and O–H groups in total. The maximum atomic E-state index is 13.4. The Labute approximate surface area is 158 Å². The first-order chi connectivity index (χ1) is 12.9. The Balaban J connectivity index is 2.21. The van der Waals surface area contributed by atoms with Gasteiger partial charge in [-0.3, -0.25) is 4.79 Å². The van der Waals surface area contributed by atoms with Gasteiger partial charge in [0.15, 0.2) is 24.0 Å². The minimum Gasteiger partial charge on any atom is -0.484 e. The molecule has 0 saturated heterocycles. The summed E-state index contributed by atoms with van der Waals surface area (Å²) in [7, 11) is 0. The average molecular weight is 397 g/mol. The van der Waals surface area contributed by atoms with Gasteiger partial charge in [0.05, 0.1) is 6.42 Å². The van der Waals surface area contributed by atoms with E-state index in [0.29, 0.717) is 5.56 Å². The normalized spacial score (nSPS) is 13.5. The van der Waals surface area contributed by atoms with Crippen LogP contribution in [0.25, 0.3) is 4.85 Å². The molecular weight excluding hydrogens is 381 g/mol. The predicted octanol–water partition coefficient (Wildman–Crippen LogP) is 5.62. The van der Waals surface area contributed by atoms with Crippen molar-refractivity contribution >= 4 is 5.78 Å². The Bertz CT molecular complexity index is 916. The van der Waals surface area contributed by atoms with Crippen LogP contribution in [0, 0.1) is 25.1 Å². The zero-order chi connectivity index (χ0) is 21.1. The van der Waals surface area contributed by atoms with Crippen LogP contribution in [0.2, 0.25) is 0 Å². The largest absolute Gasteiger partial charge is 0.484 e. The molecule has 0 spiro atoms. The molecule has 0 aliphatic rings. The van der Waals surface area contributed by atoms with Gasteiger partial charge in [0.25, 0.3) is 5.54 Å². The molecule has 2 aromatic rings. The van der Waals surface area contributed by atoms with Crippen molar-refractivity contribution in [2.45, 2.75) is 32.0 Å². The fourth-order valence-corrected chi connectivity index (χ4v) is 2.41. The van der Waals surface area contributed by atoms with Crippen molar-refractivity contribution in [3.05, 3.63) is 76.1 Å². The Morgan fingerprint density at radius 2 is 1.68 bits per heavy atom. The molecule has 2 aromatic carbocycles. The molecule has 0 radical (unpaired) electrons. The van der Waals surface area contributed by atoms with Crippen LogP contribution in [0.1, 0.15) is 34.8 Å². The number of halogens is 5. The van der Waals surface area contributed by atoms with Crippen LogP contribution in [-0.4, -0.2) is 17.9 Å². The van der Waals surface area contributed by atoms with Crippen molar-refractivity contribution in [2.75, 3.05) is 6.61 Å². The number of carbonyl (C=O) groups excluding carboxylic acids is 1. The SMILES string of the molecule is [C-]#[N+]C(C)(COc1cc(F)c(F)cc1C(F)(F)F)CC(=O)c1ccc(C)cc1. The molecule has 0 aliphatic heterocycles. The van der Waals surface area contributed by atoms with Gasteiger partial charge in [0, 0.05) is 18.6 Å². The number of Topliss-reactive ketones (excluding diaryl/α,β-unsaturated/α-hetero) is 1. The molecule has 0 aliphatic carbocycles. The molecule has 0 fully saturated rings. The van der Waals surface area contributed by atoms with Gasteiger partial charge in [0.2, 0.25) is 0 Å². The van der Waals surface area contributed by atoms with Crippen LogP contribution in [0.4, 0.5) is 22.0 Å². The van der Waals surface area contributed by atoms with Gasteiger partial charge in [-0.05, 0) is 13.0 Å². The van der Waals surface area contributed by atoms with E-state index in [-0.39, 0.29) is 24.3 Å². The van der Waals surface area contributed by atoms with Crippen LogP contribution < -0.4 is 4.74 Å². The van der Waals surface area contributed by atoms with Gasteiger partial charge in [-0.25, -0.2) is 15.4 Å². The lowest BCUT2D eigenvalue weighted by Gasteiger charge is -2.20. The molecule has 8 heteroatoms. The van der Waals surface area contributed by atoms with Gasteiger partial charge in [-0.1, -0.05) is 29.8 Å². The highest BCUT2D eigenvalue weighted by molar-refractivity contribution is 5.97. The molecule has 0 saturated carbocycles. The van der Waals surface area contributed by atoms with Crippen LogP contribution in [0.3, 0.4) is 0 Å². The summed E-state index contributed by atoms with van der Waals surface area (Å²) < 4.78 is 70.7. The first-order valence-electron chi connectivity index (χ1n) is 8.13. The summed E-state index contributed by atoms with van der Waals surface area (Å²) in [5.41, 5.74) is -1.70. The summed E-state index contributed by atoms with van der Waals surface area (Å²) in [4.78, 5) is 15.7. The van der Waals surface area contributed by atoms with Gasteiger partial charge >= 0.3 is 6.18 Å². The first-order valence-corrected chi connectivity index (χ1v) is 8.13. The van der Waals surface area contributed by atoms with Crippen molar-refractivity contribution in [1.82, 2.24) is 0 Å². The van der Waals surface area contributed by atoms with E-state index in [0.717, 1.165) is 5.56 Å². The topological polar surface area (TPSA) is 30.7 Å². The van der Waals surface area contributed by atoms with E-state index in [2.05, 4.69) is 4.85 Å². The predicted molar refractivity (Wildman–Crippen MR) is 92.0 cm³/mol. The number of benzene rings is 2. The number of rotatable bonds is 6. The fourth-order valence-electron chi connectivity index (χ4n) is 2.41. The third kappa shape index (κ3) is 5.06. The molecule has 1 atom stereocenters. The smallest absolute Gasteiger partial charge is 0.420 e. The molecule has 2 rings (SSSR count). The van der Waals surface area contributed by atoms with Crippen LogP contribution in [0.15, 0.2) is 36.4 Å². The number of ether oxygens (including phenoxy) is 1. The Hall–Kier alpha value is -2.95. The van der Waals surface area contributed by atoms with Gasteiger partial charge < -0.3 is 9.58 Å². The van der Waals surface area contributed by atoms with Crippen LogP contribution >= 0.6 is 0 Å². The molecule has 3 nitrogen and oxygen atoms in total. The molecule has 1 unspecified atom stereocenters. The highest BCUT2D eigenvalue weighted by Crippen LogP contribution is 2.38. The summed E-state index contributed by atoms with van der Waals surface area (Å²) in [6.07, 6.45) is -5.29. The van der Waals surface area contributed by atoms with Gasteiger partial charge in [-0.2, -0.15) is 13.2 Å². The van der Waals surface area contributed by atoms with E-state index in [1.54, 1.807) is 24.3 Å². The monoisotopic (exact) mass is 397 g/mol. The highest BCUT2D eigenvalue weighted by Gasteiger charge is 2.39. The first kappa shape index (κ1) is 21.4. The summed E-state index contributed by atoms with van der Waals surface area (Å²) in [5, 5.41) is 0. The second-order valence-electron chi connectivity index (χ2n) is 6.62. The Kier molecular flexibility index (Phi) is 6.07. The van der Waals surface area contributed by atoms with Gasteiger partial charge in [0.1, 0.15) is 11.3 Å². The number of ketones is 1. The number of alkyl halides is 3. The molecule has 0 aromatic heterocycles. The lowest BCUT2D eigenvalue weighted by Crippen LogP contribution is -2.32. The number of carbonyl (C=O) groups is 1. The van der Waals surface area contributed by atoms with Gasteiger partial charge in [-0.15, -0.1) is 0 Å². The van der Waals surface area contributed by atoms with Crippen molar-refractivity contribution in [2.24, 2.45) is 0 Å². The second kappa shape index (κ2) is 7.97. The summed E-state index contributed by atoms with van der Waals surface area (Å²) in [5.74, 6) is -4.50. The standard InChI is InChI=1S/C20H16F5NO2/c1-12-4-6-13(7-5-12)17(27)10-19(2,26-3)11-28-18-9-16(22)15(21)8-14(18)20(23,24)25/h4-9H,10-11H2,1-2H3. The molecule has 148 valence electrons. The minimum atomic E-state index is -4.98. The van der Waals surface area contributed by atoms with Crippen molar-refractivity contribution in [1.29, 1.82) is 0 Å². The number of hydrogen-bond donors (Lipinski definition) is 0. The Morgan fingerprint density at radius 1 is 1.11 bits per heavy atom. The summed E-state index contributed by atoms with van der Waals surface area (Å²) in [6, 6.07) is 6.88. The molecule has 28 heavy (non-hydrogen) atoms. The quantitative estimate of drug-likeness (QED) is 0.360. The number of aryl methyl sites for hydroxylation is 1. The number of nitrogens with zero attached hydrogens (tertiary/aromatic N) is 1. The maximum absolute atomic E-state index is 13.4. The van der Waals surface area contributed by atoms with E-state index >= 15 is 0 Å². The zero-order valence-corrected chi connectivity index (χ0v) is 15.0. The summed E-state index contributed by atoms with van der Waals surface area (Å²) >= 11 is 0. The number of hydrogen-bond acceptors (Lipinski definition) is 2. The molecular formula is C20H16F5NO2. The molecule has 0 bridgehead atoms. The van der Waals surface area contributed by atoms with E-state index in [1.807, 2.05) is 6.92 Å². The lowest BCUT2D eigenvalue weighted by atomic mass is 9.93. The third-order valence-electron chi connectivity index (χ3n) is 4.05. The molecule has 0 heterocycles. The average Bonchev–Trinajstić information content (AvgIpc) is 2.62. The minimum absolute atomic E-state index is 0.00268. The van der Waals surface area contributed by atoms with Crippen LogP contribution in [0.5, 0.6) is 5.75 Å². The van der Waals surface area contributed by atoms with Crippen molar-refractivity contribution < 1.29 is 31.5 Å². The summed E-state index contributed by atoms with van der Waals surface area (Å²) in [6.45, 7) is 9.88. The zero-order valence-electron chi connectivity index (χ0n) is 15.0.